The second-order valence-corrected chi connectivity index (χ2v) is 9.19. The minimum atomic E-state index is -4.60. The first-order valence-electron chi connectivity index (χ1n) is 11.3. The quantitative estimate of drug-likeness (QED) is 0.523. The molecule has 13 heteroatoms. The number of nitrogens with zero attached hydrogens (tertiary/aromatic N) is 7. The van der Waals surface area contributed by atoms with E-state index in [0.29, 0.717) is 41.3 Å². The van der Waals surface area contributed by atoms with Gasteiger partial charge in [-0.1, -0.05) is 11.6 Å². The molecule has 0 unspecified atom stereocenters. The Labute approximate surface area is 209 Å². The highest BCUT2D eigenvalue weighted by Gasteiger charge is 2.42. The maximum absolute atomic E-state index is 13.4. The van der Waals surface area contributed by atoms with Crippen molar-refractivity contribution in [3.63, 3.8) is 0 Å². The molecule has 9 nitrogen and oxygen atoms in total. The third kappa shape index (κ3) is 4.22. The summed E-state index contributed by atoms with van der Waals surface area (Å²) in [5, 5.41) is 17.9. The summed E-state index contributed by atoms with van der Waals surface area (Å²) in [7, 11) is 1.52. The van der Waals surface area contributed by atoms with Crippen LogP contribution in [-0.2, 0) is 28.8 Å². The molecule has 188 valence electrons. The number of nitriles is 1. The highest BCUT2D eigenvalue weighted by molar-refractivity contribution is 6.31. The first-order chi connectivity index (χ1) is 17.2. The monoisotopic (exact) mass is 519 g/mol. The number of hydrogen-bond acceptors (Lipinski definition) is 7. The zero-order chi connectivity index (χ0) is 25.6. The van der Waals surface area contributed by atoms with Crippen LogP contribution in [0.2, 0.25) is 5.02 Å². The van der Waals surface area contributed by atoms with E-state index in [1.807, 2.05) is 4.90 Å². The fourth-order valence-corrected chi connectivity index (χ4v) is 5.18. The highest BCUT2D eigenvalue weighted by Crippen LogP contribution is 2.35. The number of aromatic nitrogens is 4. The second kappa shape index (κ2) is 9.22. The minimum Gasteiger partial charge on any atom is -0.379 e. The number of methoxy groups -OCH3 is 1. The van der Waals surface area contributed by atoms with Gasteiger partial charge in [-0.05, 0) is 24.6 Å². The molecular formula is C23H21ClF3N7O2. The third-order valence-corrected chi connectivity index (χ3v) is 6.97. The number of ether oxygens (including phenoxy) is 1. The van der Waals surface area contributed by atoms with E-state index < -0.39 is 24.0 Å². The molecule has 1 saturated heterocycles. The molecule has 1 amide bonds. The van der Waals surface area contributed by atoms with Gasteiger partial charge in [-0.15, -0.1) is 10.2 Å². The van der Waals surface area contributed by atoms with Crippen LogP contribution in [0.25, 0.3) is 10.9 Å². The van der Waals surface area contributed by atoms with E-state index in [-0.39, 0.29) is 31.4 Å². The van der Waals surface area contributed by atoms with Crippen molar-refractivity contribution in [2.45, 2.75) is 31.8 Å². The van der Waals surface area contributed by atoms with Gasteiger partial charge in [0.25, 0.3) is 0 Å². The number of halogens is 4. The predicted molar refractivity (Wildman–Crippen MR) is 123 cm³/mol. The maximum atomic E-state index is 13.4. The van der Waals surface area contributed by atoms with Gasteiger partial charge in [0.1, 0.15) is 6.07 Å². The van der Waals surface area contributed by atoms with Crippen molar-refractivity contribution >= 4 is 34.1 Å². The Morgan fingerprint density at radius 1 is 1.25 bits per heavy atom. The largest absolute Gasteiger partial charge is 0.451 e. The van der Waals surface area contributed by atoms with Gasteiger partial charge < -0.3 is 19.1 Å². The van der Waals surface area contributed by atoms with E-state index in [4.69, 9.17) is 16.3 Å². The summed E-state index contributed by atoms with van der Waals surface area (Å²) in [6, 6.07) is 7.46. The molecule has 5 rings (SSSR count). The number of anilines is 1. The molecule has 0 spiro atoms. The van der Waals surface area contributed by atoms with E-state index in [2.05, 4.69) is 21.3 Å². The summed E-state index contributed by atoms with van der Waals surface area (Å²) in [5.74, 6) is -1.64. The summed E-state index contributed by atoms with van der Waals surface area (Å²) < 4.78 is 46.2. The number of rotatable bonds is 3. The lowest BCUT2D eigenvalue weighted by Gasteiger charge is -2.41. The van der Waals surface area contributed by atoms with E-state index in [1.165, 1.54) is 18.2 Å². The molecule has 0 saturated carbocycles. The summed E-state index contributed by atoms with van der Waals surface area (Å²) in [6.45, 7) is 0.850. The normalized spacial score (nSPS) is 20.3. The topological polar surface area (TPSA) is 100 Å². The first-order valence-corrected chi connectivity index (χ1v) is 11.6. The van der Waals surface area contributed by atoms with E-state index in [1.54, 1.807) is 18.2 Å². The maximum Gasteiger partial charge on any atom is 0.451 e. The van der Waals surface area contributed by atoms with Crippen LogP contribution >= 0.6 is 11.6 Å². The lowest BCUT2D eigenvalue weighted by Crippen LogP contribution is -2.52. The van der Waals surface area contributed by atoms with Crippen LogP contribution in [-0.4, -0.2) is 63.4 Å². The molecule has 0 bridgehead atoms. The lowest BCUT2D eigenvalue weighted by atomic mass is 9.91. The van der Waals surface area contributed by atoms with Crippen molar-refractivity contribution < 1.29 is 22.7 Å². The van der Waals surface area contributed by atoms with Gasteiger partial charge in [-0.2, -0.15) is 18.4 Å². The van der Waals surface area contributed by atoms with Crippen molar-refractivity contribution in [1.82, 2.24) is 24.6 Å². The van der Waals surface area contributed by atoms with Crippen molar-refractivity contribution in [3.8, 4) is 6.07 Å². The summed E-state index contributed by atoms with van der Waals surface area (Å²) in [4.78, 5) is 21.3. The number of amides is 1. The Bertz CT molecular complexity index is 1370. The van der Waals surface area contributed by atoms with Gasteiger partial charge in [-0.25, -0.2) is 0 Å². The number of fused-ring (bicyclic) bond motifs is 2. The van der Waals surface area contributed by atoms with Crippen LogP contribution in [0.5, 0.6) is 0 Å². The fraction of sp³-hybridized carbons (Fsp3) is 0.435. The van der Waals surface area contributed by atoms with Gasteiger partial charge >= 0.3 is 6.18 Å². The number of carbonyl (C=O) groups is 1. The Morgan fingerprint density at radius 2 is 2.06 bits per heavy atom. The molecule has 36 heavy (non-hydrogen) atoms. The van der Waals surface area contributed by atoms with E-state index in [9.17, 15) is 23.2 Å². The minimum absolute atomic E-state index is 0.0330. The molecule has 1 aromatic carbocycles. The lowest BCUT2D eigenvalue weighted by molar-refractivity contribution is -0.148. The molecule has 3 aromatic rings. The molecule has 4 heterocycles. The highest BCUT2D eigenvalue weighted by atomic mass is 35.5. The molecule has 2 atom stereocenters. The van der Waals surface area contributed by atoms with Crippen LogP contribution in [0, 0.1) is 17.2 Å². The Kier molecular flexibility index (Phi) is 6.22. The van der Waals surface area contributed by atoms with Crippen molar-refractivity contribution in [2.24, 2.45) is 5.92 Å². The molecule has 2 aliphatic rings. The number of alkyl halides is 3. The molecule has 2 aliphatic heterocycles. The Hall–Kier alpha value is -3.43. The molecule has 0 radical (unpaired) electrons. The number of pyridine rings is 1. The molecule has 0 aliphatic carbocycles. The standard InChI is InChI=1S/C23H21ClF3N7O2/c1-36-18-11-32(20-13(9-28)10-29-17-3-2-14(24)8-16(17)20)5-4-15(18)21(35)33-6-7-34-19(12-33)30-31-22(34)23(25,26)27/h2-3,8,10,15,18H,4-7,11-12H2,1H3/t15-,18-/m1/s1. The summed E-state index contributed by atoms with van der Waals surface area (Å²) in [6.07, 6.45) is -3.15. The number of benzene rings is 1. The molecule has 1 fully saturated rings. The number of hydrogen-bond donors (Lipinski definition) is 0. The van der Waals surface area contributed by atoms with Crippen LogP contribution < -0.4 is 4.90 Å². The third-order valence-electron chi connectivity index (χ3n) is 6.74. The number of carbonyl (C=O) groups excluding carboxylic acids is 1. The van der Waals surface area contributed by atoms with Crippen molar-refractivity contribution in [3.05, 3.63) is 46.6 Å². The number of piperidine rings is 1. The first kappa shape index (κ1) is 24.3. The molecular weight excluding hydrogens is 499 g/mol. The van der Waals surface area contributed by atoms with Crippen molar-refractivity contribution in [2.75, 3.05) is 31.6 Å². The average Bonchev–Trinajstić information content (AvgIpc) is 3.31. The van der Waals surface area contributed by atoms with Gasteiger partial charge in [0, 0.05) is 49.9 Å². The van der Waals surface area contributed by atoms with Crippen molar-refractivity contribution in [1.29, 1.82) is 5.26 Å². The van der Waals surface area contributed by atoms with Crippen LogP contribution in [0.3, 0.4) is 0 Å². The zero-order valence-electron chi connectivity index (χ0n) is 19.2. The van der Waals surface area contributed by atoms with Gasteiger partial charge in [0.05, 0.1) is 35.3 Å². The van der Waals surface area contributed by atoms with Gasteiger partial charge in [0.15, 0.2) is 5.82 Å². The summed E-state index contributed by atoms with van der Waals surface area (Å²) >= 11 is 6.22. The second-order valence-electron chi connectivity index (χ2n) is 8.76. The van der Waals surface area contributed by atoms with Crippen LogP contribution in [0.4, 0.5) is 18.9 Å². The smallest absolute Gasteiger partial charge is 0.379 e. The molecule has 2 aromatic heterocycles. The fourth-order valence-electron chi connectivity index (χ4n) is 5.00. The van der Waals surface area contributed by atoms with E-state index >= 15 is 0 Å². The molecule has 0 N–H and O–H groups in total. The SMILES string of the molecule is CO[C@@H]1CN(c2c(C#N)cnc3ccc(Cl)cc23)CC[C@H]1C(=O)N1CCn2c(nnc2C(F)(F)F)C1. The zero-order valence-corrected chi connectivity index (χ0v) is 19.9. The summed E-state index contributed by atoms with van der Waals surface area (Å²) in [5.41, 5.74) is 1.76. The Balaban J connectivity index is 1.37. The van der Waals surface area contributed by atoms with Gasteiger partial charge in [0.2, 0.25) is 11.7 Å². The average molecular weight is 520 g/mol. The Morgan fingerprint density at radius 3 is 2.78 bits per heavy atom. The van der Waals surface area contributed by atoms with E-state index in [0.717, 1.165) is 9.95 Å². The van der Waals surface area contributed by atoms with Gasteiger partial charge in [-0.3, -0.25) is 9.78 Å². The van der Waals surface area contributed by atoms with Crippen LogP contribution in [0.15, 0.2) is 24.4 Å². The van der Waals surface area contributed by atoms with Crippen LogP contribution in [0.1, 0.15) is 23.6 Å². The predicted octanol–water partition coefficient (Wildman–Crippen LogP) is 3.25.